The van der Waals surface area contributed by atoms with E-state index in [0.29, 0.717) is 31.1 Å². The second kappa shape index (κ2) is 8.17. The molecule has 1 aliphatic rings. The molecule has 4 rings (SSSR count). The Bertz CT molecular complexity index is 981. The molecule has 9 heteroatoms. The van der Waals surface area contributed by atoms with E-state index in [9.17, 15) is 9.59 Å². The Morgan fingerprint density at radius 3 is 2.90 bits per heavy atom. The lowest BCUT2D eigenvalue weighted by Crippen LogP contribution is -2.28. The van der Waals surface area contributed by atoms with Crippen molar-refractivity contribution in [3.63, 3.8) is 0 Å². The summed E-state index contributed by atoms with van der Waals surface area (Å²) in [4.78, 5) is 30.6. The molecular formula is C20H21N5O4. The zero-order chi connectivity index (χ0) is 20.2. The number of furan rings is 1. The number of benzene rings is 1. The lowest BCUT2D eigenvalue weighted by Gasteiger charge is -2.14. The molecular weight excluding hydrogens is 374 g/mol. The summed E-state index contributed by atoms with van der Waals surface area (Å²) in [6.45, 7) is 0.705. The predicted octanol–water partition coefficient (Wildman–Crippen LogP) is 1.98. The fraction of sp³-hybridized carbons (Fsp3) is 0.300. The van der Waals surface area contributed by atoms with Crippen LogP contribution in [0.3, 0.4) is 0 Å². The number of amides is 2. The van der Waals surface area contributed by atoms with Gasteiger partial charge < -0.3 is 14.1 Å². The number of hydrogen-bond acceptors (Lipinski definition) is 6. The third kappa shape index (κ3) is 4.45. The zero-order valence-electron chi connectivity index (χ0n) is 15.9. The van der Waals surface area contributed by atoms with E-state index in [1.54, 1.807) is 30.4 Å². The number of carbonyl (C=O) groups is 2. The number of anilines is 1. The Morgan fingerprint density at radius 2 is 2.17 bits per heavy atom. The second-order valence-corrected chi connectivity index (χ2v) is 6.87. The van der Waals surface area contributed by atoms with Crippen LogP contribution in [-0.4, -0.2) is 45.6 Å². The highest BCUT2D eigenvalue weighted by molar-refractivity contribution is 5.96. The van der Waals surface area contributed by atoms with Crippen LogP contribution in [0.25, 0.3) is 0 Å². The lowest BCUT2D eigenvalue weighted by atomic mass is 10.1. The van der Waals surface area contributed by atoms with Crippen LogP contribution in [0.4, 0.5) is 5.95 Å². The molecule has 29 heavy (non-hydrogen) atoms. The Morgan fingerprint density at radius 1 is 1.34 bits per heavy atom. The van der Waals surface area contributed by atoms with E-state index >= 15 is 0 Å². The van der Waals surface area contributed by atoms with Gasteiger partial charge in [-0.05, 0) is 29.8 Å². The number of rotatable bonds is 7. The van der Waals surface area contributed by atoms with Crippen molar-refractivity contribution in [1.29, 1.82) is 0 Å². The van der Waals surface area contributed by atoms with E-state index in [2.05, 4.69) is 20.5 Å². The third-order valence-electron chi connectivity index (χ3n) is 4.81. The third-order valence-corrected chi connectivity index (χ3v) is 4.81. The first-order valence-electron chi connectivity index (χ1n) is 9.26. The molecule has 9 nitrogen and oxygen atoms in total. The number of methoxy groups -OCH3 is 1. The summed E-state index contributed by atoms with van der Waals surface area (Å²) in [6, 6.07) is 11.2. The largest absolute Gasteiger partial charge is 0.497 e. The maximum absolute atomic E-state index is 12.5. The Kier molecular flexibility index (Phi) is 5.28. The standard InChI is InChI=1S/C20H21N5O4/c1-28-15-6-4-13(5-7-15)9-17-21-20(24-23-17)22-19(27)14-10-18(26)25(11-14)12-16-3-2-8-29-16/h2-8,14H,9-12H2,1H3,(H2,21,22,23,24,27). The zero-order valence-corrected chi connectivity index (χ0v) is 15.9. The van der Waals surface area contributed by atoms with Crippen LogP contribution in [0, 0.1) is 5.92 Å². The Balaban J connectivity index is 1.32. The predicted molar refractivity (Wildman–Crippen MR) is 103 cm³/mol. The van der Waals surface area contributed by atoms with Gasteiger partial charge in [0.25, 0.3) is 0 Å². The van der Waals surface area contributed by atoms with Crippen molar-refractivity contribution in [3.8, 4) is 5.75 Å². The second-order valence-electron chi connectivity index (χ2n) is 6.87. The van der Waals surface area contributed by atoms with Gasteiger partial charge in [0, 0.05) is 19.4 Å². The molecule has 3 aromatic rings. The van der Waals surface area contributed by atoms with Crippen LogP contribution in [0.1, 0.15) is 23.6 Å². The number of ether oxygens (including phenoxy) is 1. The summed E-state index contributed by atoms with van der Waals surface area (Å²) >= 11 is 0. The molecule has 0 bridgehead atoms. The SMILES string of the molecule is COc1ccc(Cc2nc(NC(=O)C3CC(=O)N(Cc4ccco4)C3)n[nH]2)cc1. The summed E-state index contributed by atoms with van der Waals surface area (Å²) < 4.78 is 10.4. The highest BCUT2D eigenvalue weighted by Gasteiger charge is 2.35. The lowest BCUT2D eigenvalue weighted by molar-refractivity contribution is -0.128. The molecule has 2 aromatic heterocycles. The summed E-state index contributed by atoms with van der Waals surface area (Å²) in [6.07, 6.45) is 2.27. The minimum Gasteiger partial charge on any atom is -0.497 e. The van der Waals surface area contributed by atoms with Gasteiger partial charge in [0.15, 0.2) is 0 Å². The average molecular weight is 395 g/mol. The minimum atomic E-state index is -0.444. The molecule has 1 aliphatic heterocycles. The van der Waals surface area contributed by atoms with Crippen molar-refractivity contribution in [3.05, 3.63) is 59.8 Å². The number of H-pyrrole nitrogens is 1. The number of likely N-dealkylation sites (tertiary alicyclic amines) is 1. The molecule has 2 N–H and O–H groups in total. The first kappa shape index (κ1) is 18.7. The summed E-state index contributed by atoms with van der Waals surface area (Å²) in [5.41, 5.74) is 1.04. The van der Waals surface area contributed by atoms with E-state index in [0.717, 1.165) is 11.3 Å². The van der Waals surface area contributed by atoms with Gasteiger partial charge in [-0.3, -0.25) is 20.0 Å². The average Bonchev–Trinajstić information content (AvgIpc) is 3.46. The maximum Gasteiger partial charge on any atom is 0.248 e. The first-order valence-corrected chi connectivity index (χ1v) is 9.26. The summed E-state index contributed by atoms with van der Waals surface area (Å²) in [5, 5.41) is 9.57. The van der Waals surface area contributed by atoms with Crippen LogP contribution in [0.15, 0.2) is 47.1 Å². The van der Waals surface area contributed by atoms with Gasteiger partial charge in [0.2, 0.25) is 17.8 Å². The molecule has 150 valence electrons. The number of nitrogens with one attached hydrogen (secondary N) is 2. The number of aromatic amines is 1. The van der Waals surface area contributed by atoms with Crippen LogP contribution < -0.4 is 10.1 Å². The van der Waals surface area contributed by atoms with Gasteiger partial charge in [0.1, 0.15) is 17.3 Å². The van der Waals surface area contributed by atoms with E-state index in [-0.39, 0.29) is 24.2 Å². The van der Waals surface area contributed by atoms with E-state index in [1.807, 2.05) is 24.3 Å². The smallest absolute Gasteiger partial charge is 0.248 e. The molecule has 0 radical (unpaired) electrons. The van der Waals surface area contributed by atoms with Crippen molar-refractivity contribution in [2.45, 2.75) is 19.4 Å². The van der Waals surface area contributed by atoms with Gasteiger partial charge >= 0.3 is 0 Å². The molecule has 1 aromatic carbocycles. The molecule has 0 aliphatic carbocycles. The quantitative estimate of drug-likeness (QED) is 0.632. The van der Waals surface area contributed by atoms with Crippen molar-refractivity contribution in [1.82, 2.24) is 20.1 Å². The van der Waals surface area contributed by atoms with Crippen LogP contribution in [-0.2, 0) is 22.6 Å². The fourth-order valence-electron chi connectivity index (χ4n) is 3.27. The van der Waals surface area contributed by atoms with E-state index < -0.39 is 5.92 Å². The molecule has 1 unspecified atom stereocenters. The topological polar surface area (TPSA) is 113 Å². The number of carbonyl (C=O) groups excluding carboxylic acids is 2. The fourth-order valence-corrected chi connectivity index (χ4v) is 3.27. The normalized spacial score (nSPS) is 16.2. The highest BCUT2D eigenvalue weighted by atomic mass is 16.5. The van der Waals surface area contributed by atoms with Gasteiger partial charge in [-0.15, -0.1) is 5.10 Å². The van der Waals surface area contributed by atoms with Gasteiger partial charge in [-0.25, -0.2) is 0 Å². The monoisotopic (exact) mass is 395 g/mol. The number of aromatic nitrogens is 3. The molecule has 1 fully saturated rings. The Hall–Kier alpha value is -3.62. The number of nitrogens with zero attached hydrogens (tertiary/aromatic N) is 3. The van der Waals surface area contributed by atoms with Crippen LogP contribution in [0.2, 0.25) is 0 Å². The summed E-state index contributed by atoms with van der Waals surface area (Å²) in [7, 11) is 1.62. The molecule has 3 heterocycles. The van der Waals surface area contributed by atoms with Gasteiger partial charge in [-0.2, -0.15) is 4.98 Å². The molecule has 2 amide bonds. The minimum absolute atomic E-state index is 0.0725. The van der Waals surface area contributed by atoms with E-state index in [4.69, 9.17) is 9.15 Å². The van der Waals surface area contributed by atoms with Gasteiger partial charge in [0.05, 0.1) is 25.8 Å². The molecule has 1 atom stereocenters. The summed E-state index contributed by atoms with van der Waals surface area (Å²) in [5.74, 6) is 1.53. The van der Waals surface area contributed by atoms with Gasteiger partial charge in [-0.1, -0.05) is 12.1 Å². The first-order chi connectivity index (χ1) is 14.1. The van der Waals surface area contributed by atoms with Crippen molar-refractivity contribution >= 4 is 17.8 Å². The maximum atomic E-state index is 12.5. The van der Waals surface area contributed by atoms with E-state index in [1.165, 1.54) is 0 Å². The molecule has 1 saturated heterocycles. The molecule has 0 saturated carbocycles. The molecule has 0 spiro atoms. The number of hydrogen-bond donors (Lipinski definition) is 2. The Labute approximate surface area is 167 Å². The highest BCUT2D eigenvalue weighted by Crippen LogP contribution is 2.21. The van der Waals surface area contributed by atoms with Crippen molar-refractivity contribution in [2.75, 3.05) is 19.0 Å². The van der Waals surface area contributed by atoms with Crippen molar-refractivity contribution < 1.29 is 18.7 Å². The van der Waals surface area contributed by atoms with Crippen LogP contribution in [0.5, 0.6) is 5.75 Å². The van der Waals surface area contributed by atoms with Crippen molar-refractivity contribution in [2.24, 2.45) is 5.92 Å². The van der Waals surface area contributed by atoms with Crippen LogP contribution >= 0.6 is 0 Å².